The van der Waals surface area contributed by atoms with Crippen LogP contribution in [0.1, 0.15) is 57.1 Å². The molecule has 1 spiro atoms. The summed E-state index contributed by atoms with van der Waals surface area (Å²) in [4.78, 5) is 25.4. The summed E-state index contributed by atoms with van der Waals surface area (Å²) in [5, 5.41) is 12.4. The number of benzene rings is 1. The van der Waals surface area contributed by atoms with E-state index in [0.29, 0.717) is 24.3 Å². The number of piperidine rings is 1. The van der Waals surface area contributed by atoms with Gasteiger partial charge in [-0.1, -0.05) is 19.9 Å². The first-order valence-corrected chi connectivity index (χ1v) is 11.8. The first-order valence-electron chi connectivity index (χ1n) is 11.8. The highest BCUT2D eigenvalue weighted by atomic mass is 16.6. The van der Waals surface area contributed by atoms with Crippen LogP contribution in [0.4, 0.5) is 0 Å². The molecule has 2 saturated carbocycles. The summed E-state index contributed by atoms with van der Waals surface area (Å²) in [5.41, 5.74) is 0.381. The summed E-state index contributed by atoms with van der Waals surface area (Å²) in [7, 11) is 2.31. The Morgan fingerprint density at radius 2 is 2.10 bits per heavy atom. The fourth-order valence-corrected chi connectivity index (χ4v) is 7.23. The van der Waals surface area contributed by atoms with Gasteiger partial charge in [-0.2, -0.15) is 0 Å². The van der Waals surface area contributed by atoms with Crippen molar-refractivity contribution in [1.29, 1.82) is 0 Å². The Bertz CT molecular complexity index is 1000. The van der Waals surface area contributed by atoms with Crippen LogP contribution in [0.15, 0.2) is 12.1 Å². The third-order valence-corrected chi connectivity index (χ3v) is 8.94. The third-order valence-electron chi connectivity index (χ3n) is 8.94. The smallest absolute Gasteiger partial charge is 0.313 e. The zero-order chi connectivity index (χ0) is 21.8. The van der Waals surface area contributed by atoms with E-state index in [0.717, 1.165) is 47.5 Å². The molecule has 3 aliphatic carbocycles. The maximum Gasteiger partial charge on any atom is 0.313 e. The molecule has 5 aliphatic rings. The van der Waals surface area contributed by atoms with E-state index in [2.05, 4.69) is 7.05 Å². The maximum atomic E-state index is 13.1. The fraction of sp³-hybridized carbons (Fsp3) is 0.680. The number of ketones is 1. The number of aliphatic hydroxyl groups is 1. The molecule has 0 radical (unpaired) electrons. The molecule has 5 atom stereocenters. The van der Waals surface area contributed by atoms with Crippen molar-refractivity contribution in [3.63, 3.8) is 0 Å². The molecule has 3 fully saturated rings. The first-order chi connectivity index (χ1) is 14.7. The van der Waals surface area contributed by atoms with Gasteiger partial charge in [0, 0.05) is 30.7 Å². The molecule has 1 aromatic rings. The fourth-order valence-electron chi connectivity index (χ4n) is 7.23. The minimum Gasteiger partial charge on any atom is -0.477 e. The second-order valence-corrected chi connectivity index (χ2v) is 11.2. The summed E-state index contributed by atoms with van der Waals surface area (Å²) < 4.78 is 12.9. The van der Waals surface area contributed by atoms with Crippen molar-refractivity contribution in [2.24, 2.45) is 11.8 Å². The van der Waals surface area contributed by atoms with Crippen molar-refractivity contribution in [1.82, 2.24) is 0 Å². The molecule has 6 nitrogen and oxygen atoms in total. The second kappa shape index (κ2) is 6.10. The van der Waals surface area contributed by atoms with E-state index < -0.39 is 17.1 Å². The summed E-state index contributed by atoms with van der Waals surface area (Å²) in [5.74, 6) is 1.14. The number of carbonyl (C=O) groups is 2. The van der Waals surface area contributed by atoms with Gasteiger partial charge >= 0.3 is 5.97 Å². The number of nitrogens with zero attached hydrogens (tertiary/aromatic N) is 1. The number of ether oxygens (including phenoxy) is 2. The Balaban J connectivity index is 1.52. The van der Waals surface area contributed by atoms with Crippen LogP contribution in [0.2, 0.25) is 0 Å². The van der Waals surface area contributed by atoms with Crippen molar-refractivity contribution in [2.45, 2.75) is 75.5 Å². The van der Waals surface area contributed by atoms with E-state index in [1.54, 1.807) is 13.8 Å². The Hall–Kier alpha value is -1.92. The van der Waals surface area contributed by atoms with Gasteiger partial charge in [-0.15, -0.1) is 0 Å². The molecule has 166 valence electrons. The van der Waals surface area contributed by atoms with Gasteiger partial charge in [-0.3, -0.25) is 9.59 Å². The van der Waals surface area contributed by atoms with Gasteiger partial charge in [0.05, 0.1) is 31.5 Å². The molecule has 2 aliphatic heterocycles. The van der Waals surface area contributed by atoms with Crippen molar-refractivity contribution >= 4 is 11.8 Å². The quantitative estimate of drug-likeness (QED) is 0.455. The average molecular weight is 427 g/mol. The number of quaternary nitrogens is 1. The highest BCUT2D eigenvalue weighted by Crippen LogP contribution is 2.66. The molecular weight excluding hydrogens is 394 g/mol. The number of carbonyl (C=O) groups excluding carboxylic acids is 2. The Labute approximate surface area is 183 Å². The number of rotatable bonds is 4. The lowest BCUT2D eigenvalue weighted by atomic mass is 9.48. The van der Waals surface area contributed by atoms with Gasteiger partial charge in [0.25, 0.3) is 0 Å². The molecule has 6 heteroatoms. The highest BCUT2D eigenvalue weighted by Gasteiger charge is 2.76. The lowest BCUT2D eigenvalue weighted by molar-refractivity contribution is -0.950. The monoisotopic (exact) mass is 426 g/mol. The zero-order valence-electron chi connectivity index (χ0n) is 18.6. The number of hydrogen-bond acceptors (Lipinski definition) is 5. The molecule has 2 heterocycles. The topological polar surface area (TPSA) is 72.8 Å². The zero-order valence-corrected chi connectivity index (χ0v) is 18.6. The van der Waals surface area contributed by atoms with Gasteiger partial charge in [0.1, 0.15) is 11.6 Å². The van der Waals surface area contributed by atoms with Gasteiger partial charge < -0.3 is 19.1 Å². The van der Waals surface area contributed by atoms with Crippen LogP contribution in [0.25, 0.3) is 0 Å². The van der Waals surface area contributed by atoms with Crippen LogP contribution in [0.5, 0.6) is 11.5 Å². The normalized spacial score (nSPS) is 39.8. The SMILES string of the molecule is CC(C)C(=O)Oc1ccc2c3c1O[C@H]1C(=O)CC[C@@]4(O)[C@@H](C2)[N+](C)(CC2CC2)CC[C@]314. The highest BCUT2D eigenvalue weighted by molar-refractivity contribution is 5.90. The Morgan fingerprint density at radius 3 is 2.81 bits per heavy atom. The minimum atomic E-state index is -0.980. The second-order valence-electron chi connectivity index (χ2n) is 11.2. The van der Waals surface area contributed by atoms with Crippen molar-refractivity contribution < 1.29 is 28.7 Å². The van der Waals surface area contributed by atoms with Crippen LogP contribution in [-0.4, -0.2) is 59.2 Å². The lowest BCUT2D eigenvalue weighted by Crippen LogP contribution is -2.80. The average Bonchev–Trinajstić information content (AvgIpc) is 3.44. The maximum absolute atomic E-state index is 13.1. The van der Waals surface area contributed by atoms with Crippen molar-refractivity contribution in [3.05, 3.63) is 23.3 Å². The molecular formula is C25H32NO5+. The van der Waals surface area contributed by atoms with E-state index in [1.807, 2.05) is 12.1 Å². The molecule has 0 amide bonds. The van der Waals surface area contributed by atoms with Gasteiger partial charge in [-0.05, 0) is 30.9 Å². The predicted molar refractivity (Wildman–Crippen MR) is 113 cm³/mol. The largest absolute Gasteiger partial charge is 0.477 e. The van der Waals surface area contributed by atoms with Crippen LogP contribution in [-0.2, 0) is 21.4 Å². The third kappa shape index (κ3) is 2.41. The van der Waals surface area contributed by atoms with Crippen molar-refractivity contribution in [3.8, 4) is 11.5 Å². The number of esters is 1. The van der Waals surface area contributed by atoms with E-state index in [4.69, 9.17) is 9.47 Å². The van der Waals surface area contributed by atoms with Crippen LogP contribution >= 0.6 is 0 Å². The predicted octanol–water partition coefficient (Wildman–Crippen LogP) is 2.53. The lowest BCUT2D eigenvalue weighted by Gasteiger charge is -2.64. The Kier molecular flexibility index (Phi) is 3.89. The van der Waals surface area contributed by atoms with Gasteiger partial charge in [-0.25, -0.2) is 0 Å². The number of likely N-dealkylation sites (tertiary alicyclic amines) is 1. The van der Waals surface area contributed by atoms with E-state index >= 15 is 0 Å². The summed E-state index contributed by atoms with van der Waals surface area (Å²) >= 11 is 0. The standard InChI is InChI=1S/C25H32NO5/c1-14(2)23(28)30-18-7-6-16-12-19-25(29)9-8-17(27)22-24(25,20(16)21(18)31-22)10-11-26(19,3)13-15-4-5-15/h6-7,14-15,19,22,29H,4-5,8-13H2,1-3H3/q+1/t19-,22+,24+,25-,26?/m1/s1. The number of hydrogen-bond donors (Lipinski definition) is 1. The molecule has 2 bridgehead atoms. The number of Topliss-reactive ketones (excluding diaryl/α,β-unsaturated/α-hetero) is 1. The molecule has 1 saturated heterocycles. The molecule has 1 aromatic carbocycles. The van der Waals surface area contributed by atoms with Crippen molar-refractivity contribution in [2.75, 3.05) is 20.1 Å². The molecule has 31 heavy (non-hydrogen) atoms. The van der Waals surface area contributed by atoms with Crippen LogP contribution in [0.3, 0.4) is 0 Å². The number of likely N-dealkylation sites (N-methyl/N-ethyl adjacent to an activating group) is 1. The van der Waals surface area contributed by atoms with E-state index in [1.165, 1.54) is 12.8 Å². The first kappa shape index (κ1) is 19.7. The Morgan fingerprint density at radius 1 is 1.32 bits per heavy atom. The van der Waals surface area contributed by atoms with E-state index in [9.17, 15) is 14.7 Å². The summed E-state index contributed by atoms with van der Waals surface area (Å²) in [6.07, 6.45) is 4.22. The molecule has 6 rings (SSSR count). The van der Waals surface area contributed by atoms with E-state index in [-0.39, 0.29) is 23.7 Å². The summed E-state index contributed by atoms with van der Waals surface area (Å²) in [6, 6.07) is 3.91. The summed E-state index contributed by atoms with van der Waals surface area (Å²) in [6.45, 7) is 5.64. The minimum absolute atomic E-state index is 0.0589. The van der Waals surface area contributed by atoms with Gasteiger partial charge in [0.2, 0.25) is 0 Å². The molecule has 1 unspecified atom stereocenters. The molecule has 1 N–H and O–H groups in total. The molecule has 0 aromatic heterocycles. The van der Waals surface area contributed by atoms with Crippen LogP contribution < -0.4 is 9.47 Å². The van der Waals surface area contributed by atoms with Gasteiger partial charge in [0.15, 0.2) is 23.4 Å². The van der Waals surface area contributed by atoms with Crippen LogP contribution in [0, 0.1) is 11.8 Å².